The Kier molecular flexibility index (Phi) is 8.63. The molecule has 1 aromatic carbocycles. The van der Waals surface area contributed by atoms with Crippen LogP contribution in [0.5, 0.6) is 5.75 Å². The van der Waals surface area contributed by atoms with Gasteiger partial charge in [-0.1, -0.05) is 26.0 Å². The third kappa shape index (κ3) is 6.15. The van der Waals surface area contributed by atoms with E-state index >= 15 is 0 Å². The minimum Gasteiger partial charge on any atom is -0.493 e. The highest BCUT2D eigenvalue weighted by molar-refractivity contribution is 5.85. The molecule has 1 amide bonds. The van der Waals surface area contributed by atoms with Crippen molar-refractivity contribution in [3.8, 4) is 5.75 Å². The SMILES string of the molecule is COCCCOc1cc(CN(C(=O)[C@H]2CNCCO2)C(C)C(C)C)nc2ccccc12. The standard InChI is InChI=1S/C24H35N3O4/c1-17(2)18(3)27(24(28)23-15-25-10-13-31-23)16-19-14-22(30-12-7-11-29-4)20-8-5-6-9-21(20)26-19/h5-6,8-9,14,17-18,23,25H,7,10-13,15-16H2,1-4H3/t18?,23-/m1/s1. The van der Waals surface area contributed by atoms with Crippen molar-refractivity contribution in [3.05, 3.63) is 36.0 Å². The molecule has 7 nitrogen and oxygen atoms in total. The summed E-state index contributed by atoms with van der Waals surface area (Å²) in [7, 11) is 1.69. The molecule has 1 aliphatic rings. The summed E-state index contributed by atoms with van der Waals surface area (Å²) in [5.74, 6) is 1.11. The van der Waals surface area contributed by atoms with Crippen LogP contribution >= 0.6 is 0 Å². The topological polar surface area (TPSA) is 72.9 Å². The zero-order valence-corrected chi connectivity index (χ0v) is 19.1. The van der Waals surface area contributed by atoms with Gasteiger partial charge in [-0.15, -0.1) is 0 Å². The molecule has 0 bridgehead atoms. The molecule has 0 saturated carbocycles. The van der Waals surface area contributed by atoms with Crippen LogP contribution in [0.2, 0.25) is 0 Å². The lowest BCUT2D eigenvalue weighted by atomic mass is 10.0. The van der Waals surface area contributed by atoms with Crippen molar-refractivity contribution in [2.45, 2.75) is 45.9 Å². The van der Waals surface area contributed by atoms with Gasteiger partial charge >= 0.3 is 0 Å². The van der Waals surface area contributed by atoms with Crippen LogP contribution in [0.1, 0.15) is 32.9 Å². The second-order valence-corrected chi connectivity index (χ2v) is 8.34. The maximum Gasteiger partial charge on any atom is 0.253 e. The number of pyridine rings is 1. The summed E-state index contributed by atoms with van der Waals surface area (Å²) in [5, 5.41) is 4.22. The van der Waals surface area contributed by atoms with Gasteiger partial charge in [0.25, 0.3) is 5.91 Å². The van der Waals surface area contributed by atoms with Crippen LogP contribution in [-0.2, 0) is 20.8 Å². The van der Waals surface area contributed by atoms with Gasteiger partial charge in [-0.25, -0.2) is 0 Å². The molecule has 1 aromatic heterocycles. The summed E-state index contributed by atoms with van der Waals surface area (Å²) in [6.07, 6.45) is 0.351. The molecule has 2 aromatic rings. The minimum atomic E-state index is -0.458. The number of ether oxygens (including phenoxy) is 3. The van der Waals surface area contributed by atoms with Crippen molar-refractivity contribution in [1.29, 1.82) is 0 Å². The fourth-order valence-electron chi connectivity index (χ4n) is 3.65. The number of benzene rings is 1. The van der Waals surface area contributed by atoms with E-state index in [0.29, 0.717) is 38.8 Å². The van der Waals surface area contributed by atoms with E-state index in [9.17, 15) is 4.79 Å². The third-order valence-electron chi connectivity index (χ3n) is 5.76. The second-order valence-electron chi connectivity index (χ2n) is 8.34. The maximum atomic E-state index is 13.3. The Balaban J connectivity index is 1.87. The molecule has 0 radical (unpaired) electrons. The largest absolute Gasteiger partial charge is 0.493 e. The quantitative estimate of drug-likeness (QED) is 0.586. The van der Waals surface area contributed by atoms with E-state index in [2.05, 4.69) is 26.1 Å². The molecule has 1 N–H and O–H groups in total. The van der Waals surface area contributed by atoms with Gasteiger partial charge in [0, 0.05) is 50.7 Å². The number of hydrogen-bond donors (Lipinski definition) is 1. The average Bonchev–Trinajstić information content (AvgIpc) is 2.79. The summed E-state index contributed by atoms with van der Waals surface area (Å²) in [5.41, 5.74) is 1.67. The number of hydrogen-bond acceptors (Lipinski definition) is 6. The van der Waals surface area contributed by atoms with Crippen LogP contribution in [-0.4, -0.2) is 68.0 Å². The van der Waals surface area contributed by atoms with E-state index in [4.69, 9.17) is 19.2 Å². The maximum absolute atomic E-state index is 13.3. The van der Waals surface area contributed by atoms with Crippen molar-refractivity contribution in [1.82, 2.24) is 15.2 Å². The summed E-state index contributed by atoms with van der Waals surface area (Å²) < 4.78 is 16.9. The van der Waals surface area contributed by atoms with Crippen molar-refractivity contribution in [3.63, 3.8) is 0 Å². The van der Waals surface area contributed by atoms with Crippen LogP contribution < -0.4 is 10.1 Å². The first-order valence-corrected chi connectivity index (χ1v) is 11.1. The zero-order valence-electron chi connectivity index (χ0n) is 19.1. The Morgan fingerprint density at radius 2 is 2.10 bits per heavy atom. The first-order valence-electron chi connectivity index (χ1n) is 11.1. The molecule has 2 heterocycles. The molecular weight excluding hydrogens is 394 g/mol. The van der Waals surface area contributed by atoms with Crippen LogP contribution in [0.25, 0.3) is 10.9 Å². The fraction of sp³-hybridized carbons (Fsp3) is 0.583. The number of carbonyl (C=O) groups is 1. The van der Waals surface area contributed by atoms with Gasteiger partial charge in [-0.05, 0) is 25.0 Å². The number of carbonyl (C=O) groups excluding carboxylic acids is 1. The lowest BCUT2D eigenvalue weighted by Crippen LogP contribution is -2.52. The number of amides is 1. The average molecular weight is 430 g/mol. The van der Waals surface area contributed by atoms with Crippen molar-refractivity contribution < 1.29 is 19.0 Å². The van der Waals surface area contributed by atoms with E-state index in [-0.39, 0.29) is 11.9 Å². The molecule has 0 spiro atoms. The minimum absolute atomic E-state index is 0.00548. The lowest BCUT2D eigenvalue weighted by molar-refractivity contribution is -0.149. The predicted octanol–water partition coefficient (Wildman–Crippen LogP) is 3.01. The normalized spacial score (nSPS) is 17.6. The highest BCUT2D eigenvalue weighted by Crippen LogP contribution is 2.27. The number of rotatable bonds is 10. The summed E-state index contributed by atoms with van der Waals surface area (Å²) in [6.45, 7) is 9.84. The van der Waals surface area contributed by atoms with Crippen molar-refractivity contribution >= 4 is 16.8 Å². The number of fused-ring (bicyclic) bond motifs is 1. The number of para-hydroxylation sites is 1. The molecule has 31 heavy (non-hydrogen) atoms. The highest BCUT2D eigenvalue weighted by Gasteiger charge is 2.31. The Morgan fingerprint density at radius 3 is 2.81 bits per heavy atom. The molecule has 1 aliphatic heterocycles. The predicted molar refractivity (Wildman–Crippen MR) is 121 cm³/mol. The number of methoxy groups -OCH3 is 1. The number of aromatic nitrogens is 1. The monoisotopic (exact) mass is 429 g/mol. The highest BCUT2D eigenvalue weighted by atomic mass is 16.5. The van der Waals surface area contributed by atoms with Gasteiger partial charge < -0.3 is 24.4 Å². The van der Waals surface area contributed by atoms with E-state index in [1.807, 2.05) is 35.2 Å². The summed E-state index contributed by atoms with van der Waals surface area (Å²) >= 11 is 0. The summed E-state index contributed by atoms with van der Waals surface area (Å²) in [4.78, 5) is 20.1. The Labute approximate surface area is 185 Å². The smallest absolute Gasteiger partial charge is 0.253 e. The molecule has 170 valence electrons. The molecular formula is C24H35N3O4. The second kappa shape index (κ2) is 11.4. The van der Waals surface area contributed by atoms with E-state index in [1.165, 1.54) is 0 Å². The number of morpholine rings is 1. The lowest BCUT2D eigenvalue weighted by Gasteiger charge is -2.35. The molecule has 3 rings (SSSR count). The first-order chi connectivity index (χ1) is 15.0. The van der Waals surface area contributed by atoms with Gasteiger partial charge in [0.15, 0.2) is 0 Å². The molecule has 1 fully saturated rings. The zero-order chi connectivity index (χ0) is 22.2. The van der Waals surface area contributed by atoms with E-state index in [0.717, 1.165) is 35.3 Å². The van der Waals surface area contributed by atoms with Crippen LogP contribution in [0.4, 0.5) is 0 Å². The molecule has 2 atom stereocenters. The number of nitrogens with one attached hydrogen (secondary N) is 1. The van der Waals surface area contributed by atoms with Crippen LogP contribution in [0.15, 0.2) is 30.3 Å². The number of nitrogens with zero attached hydrogens (tertiary/aromatic N) is 2. The van der Waals surface area contributed by atoms with Gasteiger partial charge in [-0.3, -0.25) is 9.78 Å². The molecule has 1 saturated heterocycles. The third-order valence-corrected chi connectivity index (χ3v) is 5.76. The van der Waals surface area contributed by atoms with Gasteiger partial charge in [0.05, 0.1) is 31.0 Å². The Morgan fingerprint density at radius 1 is 1.29 bits per heavy atom. The van der Waals surface area contributed by atoms with Crippen molar-refractivity contribution in [2.75, 3.05) is 40.0 Å². The Hall–Kier alpha value is -2.22. The Bertz CT molecular complexity index is 852. The first kappa shape index (κ1) is 23.4. The van der Waals surface area contributed by atoms with E-state index < -0.39 is 6.10 Å². The van der Waals surface area contributed by atoms with Crippen molar-refractivity contribution in [2.24, 2.45) is 5.92 Å². The fourth-order valence-corrected chi connectivity index (χ4v) is 3.65. The van der Waals surface area contributed by atoms with Gasteiger partial charge in [-0.2, -0.15) is 0 Å². The van der Waals surface area contributed by atoms with Crippen LogP contribution in [0.3, 0.4) is 0 Å². The van der Waals surface area contributed by atoms with Crippen LogP contribution in [0, 0.1) is 5.92 Å². The molecule has 0 aliphatic carbocycles. The summed E-state index contributed by atoms with van der Waals surface area (Å²) in [6, 6.07) is 9.96. The van der Waals surface area contributed by atoms with Gasteiger partial charge in [0.1, 0.15) is 11.9 Å². The molecule has 1 unspecified atom stereocenters. The van der Waals surface area contributed by atoms with Gasteiger partial charge in [0.2, 0.25) is 0 Å². The molecule has 7 heteroatoms. The van der Waals surface area contributed by atoms with E-state index in [1.54, 1.807) is 7.11 Å².